The predicted molar refractivity (Wildman–Crippen MR) is 100 cm³/mol. The van der Waals surface area contributed by atoms with Crippen LogP contribution in [0.4, 0.5) is 0 Å². The first kappa shape index (κ1) is 17.6. The van der Waals surface area contributed by atoms with Gasteiger partial charge in [-0.15, -0.1) is 10.2 Å². The van der Waals surface area contributed by atoms with Crippen molar-refractivity contribution in [3.05, 3.63) is 54.3 Å². The molecule has 1 fully saturated rings. The van der Waals surface area contributed by atoms with E-state index in [1.54, 1.807) is 18.4 Å². The second-order valence-corrected chi connectivity index (χ2v) is 7.07. The van der Waals surface area contributed by atoms with Crippen LogP contribution in [0.5, 0.6) is 0 Å². The number of nitrogens with zero attached hydrogens (tertiary/aromatic N) is 4. The minimum atomic E-state index is -0.472. The lowest BCUT2D eigenvalue weighted by Crippen LogP contribution is -2.42. The van der Waals surface area contributed by atoms with E-state index < -0.39 is 5.25 Å². The zero-order valence-corrected chi connectivity index (χ0v) is 15.3. The number of nitrogen functional groups attached to an aromatic ring is 1. The van der Waals surface area contributed by atoms with Gasteiger partial charge in [-0.1, -0.05) is 42.1 Å². The second kappa shape index (κ2) is 7.85. The summed E-state index contributed by atoms with van der Waals surface area (Å²) in [5, 5.41) is 8.23. The van der Waals surface area contributed by atoms with Crippen molar-refractivity contribution in [2.45, 2.75) is 10.4 Å². The fraction of sp³-hybridized carbons (Fsp3) is 0.278. The Morgan fingerprint density at radius 2 is 1.89 bits per heavy atom. The van der Waals surface area contributed by atoms with Crippen LogP contribution in [-0.4, -0.2) is 52.0 Å². The summed E-state index contributed by atoms with van der Waals surface area (Å²) in [6.45, 7) is 2.26. The van der Waals surface area contributed by atoms with Crippen molar-refractivity contribution in [3.63, 3.8) is 0 Å². The summed E-state index contributed by atoms with van der Waals surface area (Å²) < 4.78 is 12.1. The zero-order chi connectivity index (χ0) is 18.6. The number of rotatable bonds is 5. The number of thioether (sulfide) groups is 1. The van der Waals surface area contributed by atoms with E-state index in [9.17, 15) is 4.79 Å². The van der Waals surface area contributed by atoms with E-state index in [1.807, 2.05) is 35.2 Å². The molecule has 1 saturated heterocycles. The van der Waals surface area contributed by atoms with Gasteiger partial charge in [-0.05, 0) is 17.7 Å². The van der Waals surface area contributed by atoms with Crippen LogP contribution >= 0.6 is 11.8 Å². The maximum Gasteiger partial charge on any atom is 0.240 e. The van der Waals surface area contributed by atoms with E-state index in [-0.39, 0.29) is 5.91 Å². The van der Waals surface area contributed by atoms with E-state index in [2.05, 4.69) is 10.2 Å². The molecular weight excluding hydrogens is 366 g/mol. The topological polar surface area (TPSA) is 99.4 Å². The number of nitrogens with two attached hydrogens (primary N) is 1. The highest BCUT2D eigenvalue weighted by molar-refractivity contribution is 8.00. The molecule has 9 heteroatoms. The van der Waals surface area contributed by atoms with Gasteiger partial charge in [0, 0.05) is 13.1 Å². The number of hydrogen-bond donors (Lipinski definition) is 1. The number of carbonyl (C=O) groups is 1. The van der Waals surface area contributed by atoms with E-state index in [0.29, 0.717) is 43.0 Å². The Balaban J connectivity index is 1.63. The van der Waals surface area contributed by atoms with Crippen LogP contribution in [-0.2, 0) is 9.53 Å². The highest BCUT2D eigenvalue weighted by Gasteiger charge is 2.30. The Bertz CT molecular complexity index is 891. The lowest BCUT2D eigenvalue weighted by atomic mass is 10.1. The SMILES string of the molecule is Nn1c(S[C@@H](C(=O)N2CCOCC2)c2ccccc2)nnc1-c1ccco1. The standard InChI is InChI=1S/C18H19N5O3S/c19-23-16(14-7-4-10-26-14)20-21-18(23)27-15(13-5-2-1-3-6-13)17(24)22-8-11-25-12-9-22/h1-7,10,15H,8-9,11-12,19H2/t15-/m1/s1. The van der Waals surface area contributed by atoms with Gasteiger partial charge in [0.25, 0.3) is 0 Å². The number of carbonyl (C=O) groups excluding carboxylic acids is 1. The molecule has 1 aromatic carbocycles. The lowest BCUT2D eigenvalue weighted by Gasteiger charge is -2.30. The largest absolute Gasteiger partial charge is 0.461 e. The van der Waals surface area contributed by atoms with Crippen molar-refractivity contribution in [2.75, 3.05) is 32.1 Å². The Hall–Kier alpha value is -2.78. The third-order valence-corrected chi connectivity index (χ3v) is 5.48. The molecule has 3 heterocycles. The molecule has 0 radical (unpaired) electrons. The highest BCUT2D eigenvalue weighted by Crippen LogP contribution is 2.36. The molecule has 2 N–H and O–H groups in total. The molecule has 0 aliphatic carbocycles. The minimum absolute atomic E-state index is 0.0112. The molecular formula is C18H19N5O3S. The average Bonchev–Trinajstić information content (AvgIpc) is 3.37. The van der Waals surface area contributed by atoms with Crippen molar-refractivity contribution in [2.24, 2.45) is 0 Å². The Morgan fingerprint density at radius 3 is 2.59 bits per heavy atom. The fourth-order valence-electron chi connectivity index (χ4n) is 2.88. The van der Waals surface area contributed by atoms with Gasteiger partial charge in [-0.3, -0.25) is 4.79 Å². The van der Waals surface area contributed by atoms with Crippen LogP contribution in [0.2, 0.25) is 0 Å². The molecule has 2 aromatic heterocycles. The number of furan rings is 1. The van der Waals surface area contributed by atoms with Gasteiger partial charge in [-0.25, -0.2) is 4.68 Å². The number of hydrogen-bond acceptors (Lipinski definition) is 7. The zero-order valence-electron chi connectivity index (χ0n) is 14.5. The first-order valence-corrected chi connectivity index (χ1v) is 9.44. The van der Waals surface area contributed by atoms with Gasteiger partial charge in [0.1, 0.15) is 5.25 Å². The van der Waals surface area contributed by atoms with E-state index in [0.717, 1.165) is 5.56 Å². The van der Waals surface area contributed by atoms with Gasteiger partial charge < -0.3 is 19.9 Å². The van der Waals surface area contributed by atoms with Gasteiger partial charge in [0.15, 0.2) is 5.76 Å². The van der Waals surface area contributed by atoms with Crippen LogP contribution in [0.25, 0.3) is 11.6 Å². The smallest absolute Gasteiger partial charge is 0.240 e. The highest BCUT2D eigenvalue weighted by atomic mass is 32.2. The summed E-state index contributed by atoms with van der Waals surface area (Å²) in [6.07, 6.45) is 1.55. The maximum atomic E-state index is 13.2. The van der Waals surface area contributed by atoms with Crippen molar-refractivity contribution in [1.82, 2.24) is 19.8 Å². The van der Waals surface area contributed by atoms with Crippen molar-refractivity contribution >= 4 is 17.7 Å². The Kier molecular flexibility index (Phi) is 5.12. The van der Waals surface area contributed by atoms with E-state index in [1.165, 1.54) is 16.4 Å². The van der Waals surface area contributed by atoms with E-state index in [4.69, 9.17) is 15.0 Å². The number of aromatic nitrogens is 3. The minimum Gasteiger partial charge on any atom is -0.461 e. The molecule has 8 nitrogen and oxygen atoms in total. The first-order chi connectivity index (χ1) is 13.2. The number of morpholine rings is 1. The normalized spacial score (nSPS) is 15.6. The van der Waals surface area contributed by atoms with Crippen LogP contribution in [0.15, 0.2) is 58.3 Å². The summed E-state index contributed by atoms with van der Waals surface area (Å²) in [5.74, 6) is 7.11. The van der Waals surface area contributed by atoms with E-state index >= 15 is 0 Å². The Morgan fingerprint density at radius 1 is 1.11 bits per heavy atom. The molecule has 3 aromatic rings. The summed E-state index contributed by atoms with van der Waals surface area (Å²) in [4.78, 5) is 15.0. The number of ether oxygens (including phenoxy) is 1. The summed E-state index contributed by atoms with van der Waals surface area (Å²) >= 11 is 1.28. The van der Waals surface area contributed by atoms with Crippen molar-refractivity contribution < 1.29 is 13.9 Å². The molecule has 1 amide bonds. The predicted octanol–water partition coefficient (Wildman–Crippen LogP) is 1.94. The van der Waals surface area contributed by atoms with Crippen LogP contribution < -0.4 is 5.84 Å². The molecule has 1 aliphatic rings. The maximum absolute atomic E-state index is 13.2. The summed E-state index contributed by atoms with van der Waals surface area (Å²) in [7, 11) is 0. The lowest BCUT2D eigenvalue weighted by molar-refractivity contribution is -0.134. The molecule has 1 atom stereocenters. The van der Waals surface area contributed by atoms with Gasteiger partial charge in [-0.2, -0.15) is 0 Å². The molecule has 0 spiro atoms. The van der Waals surface area contributed by atoms with Crippen LogP contribution in [0.3, 0.4) is 0 Å². The first-order valence-electron chi connectivity index (χ1n) is 8.56. The van der Waals surface area contributed by atoms with Gasteiger partial charge in [0.2, 0.25) is 16.9 Å². The summed E-state index contributed by atoms with van der Waals surface area (Å²) in [6, 6.07) is 13.1. The molecule has 0 bridgehead atoms. The van der Waals surface area contributed by atoms with Gasteiger partial charge >= 0.3 is 0 Å². The Labute approximate surface area is 160 Å². The monoisotopic (exact) mass is 385 g/mol. The van der Waals surface area contributed by atoms with Crippen molar-refractivity contribution in [3.8, 4) is 11.6 Å². The summed E-state index contributed by atoms with van der Waals surface area (Å²) in [5.41, 5.74) is 0.890. The fourth-order valence-corrected chi connectivity index (χ4v) is 3.92. The molecule has 0 saturated carbocycles. The molecule has 1 aliphatic heterocycles. The average molecular weight is 385 g/mol. The molecule has 27 heavy (non-hydrogen) atoms. The quantitative estimate of drug-likeness (QED) is 0.529. The number of amides is 1. The molecule has 4 rings (SSSR count). The second-order valence-electron chi connectivity index (χ2n) is 6.00. The molecule has 0 unspecified atom stereocenters. The van der Waals surface area contributed by atoms with Crippen molar-refractivity contribution in [1.29, 1.82) is 0 Å². The van der Waals surface area contributed by atoms with Gasteiger partial charge in [0.05, 0.1) is 19.5 Å². The van der Waals surface area contributed by atoms with Crippen LogP contribution in [0, 0.1) is 0 Å². The molecule has 140 valence electrons. The third-order valence-electron chi connectivity index (χ3n) is 4.28. The third kappa shape index (κ3) is 3.69. The van der Waals surface area contributed by atoms with Crippen LogP contribution in [0.1, 0.15) is 10.8 Å². The number of benzene rings is 1.